The first-order valence-electron chi connectivity index (χ1n) is 9.26. The van der Waals surface area contributed by atoms with E-state index in [0.29, 0.717) is 19.0 Å². The SMILES string of the molecule is COC(=O)CCN1[C@H](c2ccc(Cl)cc2)c2[nH]c3ccccc3c2C[C@H]1C. The lowest BCUT2D eigenvalue weighted by atomic mass is 9.88. The maximum Gasteiger partial charge on any atom is 0.306 e. The number of ether oxygens (including phenoxy) is 1. The first-order chi connectivity index (χ1) is 13.1. The number of esters is 1. The highest BCUT2D eigenvalue weighted by molar-refractivity contribution is 6.30. The van der Waals surface area contributed by atoms with Crippen molar-refractivity contribution < 1.29 is 9.53 Å². The smallest absolute Gasteiger partial charge is 0.306 e. The molecule has 0 saturated carbocycles. The van der Waals surface area contributed by atoms with E-state index in [-0.39, 0.29) is 12.0 Å². The van der Waals surface area contributed by atoms with Crippen LogP contribution in [0.5, 0.6) is 0 Å². The molecule has 1 aliphatic heterocycles. The predicted molar refractivity (Wildman–Crippen MR) is 108 cm³/mol. The molecular formula is C22H23ClN2O2. The standard InChI is InChI=1S/C22H23ClN2O2/c1-14-13-18-17-5-3-4-6-19(17)24-21(18)22(15-7-9-16(23)10-8-15)25(14)12-11-20(26)27-2/h3-10,14,22,24H,11-13H2,1-2H3/t14-,22-/m1/s1. The number of carbonyl (C=O) groups excluding carboxylic acids is 1. The Labute approximate surface area is 164 Å². The number of fused-ring (bicyclic) bond motifs is 3. The van der Waals surface area contributed by atoms with Crippen molar-refractivity contribution in [3.8, 4) is 0 Å². The molecule has 3 aromatic rings. The Morgan fingerprint density at radius 1 is 1.22 bits per heavy atom. The molecule has 0 bridgehead atoms. The number of para-hydroxylation sites is 1. The number of halogens is 1. The largest absolute Gasteiger partial charge is 0.469 e. The quantitative estimate of drug-likeness (QED) is 0.664. The van der Waals surface area contributed by atoms with E-state index in [1.807, 2.05) is 12.1 Å². The third-order valence-corrected chi connectivity index (χ3v) is 5.76. The molecule has 0 unspecified atom stereocenters. The number of carbonyl (C=O) groups is 1. The van der Waals surface area contributed by atoms with Crippen LogP contribution in [0.3, 0.4) is 0 Å². The zero-order valence-corrected chi connectivity index (χ0v) is 16.3. The molecule has 1 aromatic heterocycles. The second kappa shape index (κ2) is 7.37. The van der Waals surface area contributed by atoms with Gasteiger partial charge in [-0.25, -0.2) is 0 Å². The number of methoxy groups -OCH3 is 1. The van der Waals surface area contributed by atoms with E-state index in [1.54, 1.807) is 0 Å². The van der Waals surface area contributed by atoms with E-state index in [9.17, 15) is 4.79 Å². The lowest BCUT2D eigenvalue weighted by molar-refractivity contribution is -0.141. The molecule has 1 N–H and O–H groups in total. The summed E-state index contributed by atoms with van der Waals surface area (Å²) in [5.41, 5.74) is 4.90. The molecule has 27 heavy (non-hydrogen) atoms. The summed E-state index contributed by atoms with van der Waals surface area (Å²) in [5, 5.41) is 2.01. The van der Waals surface area contributed by atoms with Gasteiger partial charge in [0.05, 0.1) is 19.6 Å². The van der Waals surface area contributed by atoms with Gasteiger partial charge in [0.15, 0.2) is 0 Å². The van der Waals surface area contributed by atoms with Crippen molar-refractivity contribution in [1.82, 2.24) is 9.88 Å². The van der Waals surface area contributed by atoms with Gasteiger partial charge in [0.1, 0.15) is 0 Å². The third kappa shape index (κ3) is 3.35. The summed E-state index contributed by atoms with van der Waals surface area (Å²) >= 11 is 6.12. The van der Waals surface area contributed by atoms with Gasteiger partial charge in [0.25, 0.3) is 0 Å². The molecular weight excluding hydrogens is 360 g/mol. The van der Waals surface area contributed by atoms with Crippen LogP contribution in [0.25, 0.3) is 10.9 Å². The molecule has 0 radical (unpaired) electrons. The van der Waals surface area contributed by atoms with Crippen LogP contribution < -0.4 is 0 Å². The van der Waals surface area contributed by atoms with Crippen LogP contribution in [0.1, 0.15) is 36.2 Å². The average Bonchev–Trinajstić information content (AvgIpc) is 3.04. The fraction of sp³-hybridized carbons (Fsp3) is 0.318. The number of nitrogens with zero attached hydrogens (tertiary/aromatic N) is 1. The van der Waals surface area contributed by atoms with Crippen LogP contribution in [0.2, 0.25) is 5.02 Å². The monoisotopic (exact) mass is 382 g/mol. The number of H-pyrrole nitrogens is 1. The van der Waals surface area contributed by atoms with Gasteiger partial charge in [-0.2, -0.15) is 0 Å². The van der Waals surface area contributed by atoms with Gasteiger partial charge in [0.2, 0.25) is 0 Å². The minimum absolute atomic E-state index is 0.0538. The van der Waals surface area contributed by atoms with Crippen LogP contribution in [-0.2, 0) is 16.0 Å². The molecule has 2 aromatic carbocycles. The lowest BCUT2D eigenvalue weighted by Crippen LogP contribution is -2.43. The van der Waals surface area contributed by atoms with E-state index < -0.39 is 0 Å². The molecule has 2 heterocycles. The van der Waals surface area contributed by atoms with Crippen molar-refractivity contribution in [2.75, 3.05) is 13.7 Å². The molecule has 2 atom stereocenters. The van der Waals surface area contributed by atoms with Crippen LogP contribution >= 0.6 is 11.6 Å². The average molecular weight is 383 g/mol. The molecule has 140 valence electrons. The minimum Gasteiger partial charge on any atom is -0.469 e. The summed E-state index contributed by atoms with van der Waals surface area (Å²) in [5.74, 6) is -0.181. The predicted octanol–water partition coefficient (Wildman–Crippen LogP) is 4.72. The van der Waals surface area contributed by atoms with Crippen molar-refractivity contribution in [2.45, 2.75) is 31.8 Å². The van der Waals surface area contributed by atoms with E-state index >= 15 is 0 Å². The van der Waals surface area contributed by atoms with E-state index in [0.717, 1.165) is 17.0 Å². The minimum atomic E-state index is -0.181. The third-order valence-electron chi connectivity index (χ3n) is 5.50. The van der Waals surface area contributed by atoms with Gasteiger partial charge in [-0.1, -0.05) is 41.9 Å². The van der Waals surface area contributed by atoms with Crippen molar-refractivity contribution in [2.24, 2.45) is 0 Å². The topological polar surface area (TPSA) is 45.3 Å². The van der Waals surface area contributed by atoms with Crippen LogP contribution in [-0.4, -0.2) is 35.5 Å². The number of nitrogens with one attached hydrogen (secondary N) is 1. The molecule has 4 rings (SSSR count). The molecule has 5 heteroatoms. The fourth-order valence-electron chi connectivity index (χ4n) is 4.18. The van der Waals surface area contributed by atoms with Crippen LogP contribution in [0, 0.1) is 0 Å². The Kier molecular flexibility index (Phi) is 4.94. The molecule has 0 spiro atoms. The zero-order chi connectivity index (χ0) is 19.0. The van der Waals surface area contributed by atoms with Crippen LogP contribution in [0.4, 0.5) is 0 Å². The molecule has 0 fully saturated rings. The van der Waals surface area contributed by atoms with Gasteiger partial charge >= 0.3 is 5.97 Å². The van der Waals surface area contributed by atoms with Crippen molar-refractivity contribution >= 4 is 28.5 Å². The number of aromatic amines is 1. The normalized spacial score (nSPS) is 19.8. The van der Waals surface area contributed by atoms with Crippen molar-refractivity contribution in [1.29, 1.82) is 0 Å². The number of benzene rings is 2. The highest BCUT2D eigenvalue weighted by Gasteiger charge is 2.35. The summed E-state index contributed by atoms with van der Waals surface area (Å²) in [6, 6.07) is 16.8. The molecule has 0 amide bonds. The number of rotatable bonds is 4. The zero-order valence-electron chi connectivity index (χ0n) is 15.5. The van der Waals surface area contributed by atoms with Crippen molar-refractivity contribution in [3.05, 3.63) is 70.4 Å². The lowest BCUT2D eigenvalue weighted by Gasteiger charge is -2.41. The summed E-state index contributed by atoms with van der Waals surface area (Å²) in [6.07, 6.45) is 1.32. The first-order valence-corrected chi connectivity index (χ1v) is 9.63. The van der Waals surface area contributed by atoms with Gasteiger partial charge < -0.3 is 9.72 Å². The second-order valence-corrected chi connectivity index (χ2v) is 7.57. The summed E-state index contributed by atoms with van der Waals surface area (Å²) in [4.78, 5) is 17.8. The second-order valence-electron chi connectivity index (χ2n) is 7.13. The Balaban J connectivity index is 1.81. The highest BCUT2D eigenvalue weighted by Crippen LogP contribution is 2.40. The summed E-state index contributed by atoms with van der Waals surface area (Å²) < 4.78 is 4.86. The summed E-state index contributed by atoms with van der Waals surface area (Å²) in [6.45, 7) is 2.88. The van der Waals surface area contributed by atoms with Gasteiger partial charge in [-0.05, 0) is 42.7 Å². The van der Waals surface area contributed by atoms with Crippen molar-refractivity contribution in [3.63, 3.8) is 0 Å². The van der Waals surface area contributed by atoms with Gasteiger partial charge in [-0.3, -0.25) is 9.69 Å². The van der Waals surface area contributed by atoms with E-state index in [2.05, 4.69) is 53.2 Å². The molecule has 0 saturated heterocycles. The Hall–Kier alpha value is -2.30. The number of hydrogen-bond acceptors (Lipinski definition) is 3. The Morgan fingerprint density at radius 3 is 2.70 bits per heavy atom. The molecule has 4 nitrogen and oxygen atoms in total. The highest BCUT2D eigenvalue weighted by atomic mass is 35.5. The molecule has 1 aliphatic rings. The van der Waals surface area contributed by atoms with Gasteiger partial charge in [-0.15, -0.1) is 0 Å². The van der Waals surface area contributed by atoms with Gasteiger partial charge in [0, 0.05) is 34.2 Å². The fourth-order valence-corrected chi connectivity index (χ4v) is 4.31. The maximum absolute atomic E-state index is 11.8. The summed E-state index contributed by atoms with van der Waals surface area (Å²) in [7, 11) is 1.44. The first kappa shape index (κ1) is 18.1. The maximum atomic E-state index is 11.8. The van der Waals surface area contributed by atoms with E-state index in [1.165, 1.54) is 29.3 Å². The number of aromatic nitrogens is 1. The number of hydrogen-bond donors (Lipinski definition) is 1. The van der Waals surface area contributed by atoms with E-state index in [4.69, 9.17) is 16.3 Å². The Bertz CT molecular complexity index is 964. The molecule has 0 aliphatic carbocycles. The van der Waals surface area contributed by atoms with Crippen LogP contribution in [0.15, 0.2) is 48.5 Å². The Morgan fingerprint density at radius 2 is 1.96 bits per heavy atom.